The molecule has 1 saturated heterocycles. The average molecular weight is 478 g/mol. The normalized spacial score (nSPS) is 22.5. The maximum absolute atomic E-state index is 13.4. The topological polar surface area (TPSA) is 189 Å². The molecule has 1 aliphatic rings. The highest BCUT2D eigenvalue weighted by molar-refractivity contribution is 5.88. The second-order valence-corrected chi connectivity index (χ2v) is 7.52. The van der Waals surface area contributed by atoms with Crippen molar-refractivity contribution in [1.82, 2.24) is 0 Å². The highest BCUT2D eigenvalue weighted by Crippen LogP contribution is 2.43. The first-order chi connectivity index (χ1) is 16.2. The molecule has 0 saturated carbocycles. The summed E-state index contributed by atoms with van der Waals surface area (Å²) >= 11 is 0. The third-order valence-electron chi connectivity index (χ3n) is 5.35. The molecule has 6 N–H and O–H groups in total. The molecule has 2 heterocycles. The standard InChI is InChI=1S/C22H22O12/c1-30-13-3-8(4-14(31-2)17(13)27)20-21(34-22-19(29)16(26)11(25)7-32-22)18(28)15-10(24)5-9(23)6-12(15)33-20/h3-6,11,16,19,22-27,29H,7H2,1-2H3/t11-,16-,19-,22-/m1/s1. The van der Waals surface area contributed by atoms with Crippen molar-refractivity contribution in [1.29, 1.82) is 0 Å². The lowest BCUT2D eigenvalue weighted by Crippen LogP contribution is -2.55. The van der Waals surface area contributed by atoms with Crippen LogP contribution in [0.4, 0.5) is 0 Å². The molecule has 0 amide bonds. The Hall–Kier alpha value is -3.71. The number of hydrogen-bond donors (Lipinski definition) is 6. The van der Waals surface area contributed by atoms with Crippen LogP contribution in [0.5, 0.6) is 34.5 Å². The molecule has 0 bridgehead atoms. The molecule has 0 unspecified atom stereocenters. The molecule has 1 aromatic heterocycles. The Labute approximate surface area is 191 Å². The lowest BCUT2D eigenvalue weighted by atomic mass is 10.1. The zero-order valence-electron chi connectivity index (χ0n) is 18.0. The summed E-state index contributed by atoms with van der Waals surface area (Å²) in [6.07, 6.45) is -6.31. The fourth-order valence-electron chi connectivity index (χ4n) is 3.59. The number of phenols is 3. The first-order valence-electron chi connectivity index (χ1n) is 9.96. The van der Waals surface area contributed by atoms with Crippen molar-refractivity contribution in [3.05, 3.63) is 34.5 Å². The summed E-state index contributed by atoms with van der Waals surface area (Å²) < 4.78 is 26.9. The lowest BCUT2D eigenvalue weighted by molar-refractivity contribution is -0.242. The number of phenolic OH excluding ortho intramolecular Hbond substituents is 3. The third-order valence-corrected chi connectivity index (χ3v) is 5.35. The summed E-state index contributed by atoms with van der Waals surface area (Å²) in [5.74, 6) is -2.15. The molecule has 3 aromatic rings. The van der Waals surface area contributed by atoms with Crippen molar-refractivity contribution in [3.63, 3.8) is 0 Å². The highest BCUT2D eigenvalue weighted by Gasteiger charge is 2.40. The van der Waals surface area contributed by atoms with Crippen LogP contribution in [-0.4, -0.2) is 76.1 Å². The van der Waals surface area contributed by atoms with Crippen molar-refractivity contribution in [2.75, 3.05) is 20.8 Å². The van der Waals surface area contributed by atoms with Crippen LogP contribution in [0.25, 0.3) is 22.3 Å². The fraction of sp³-hybridized carbons (Fsp3) is 0.318. The Morgan fingerprint density at radius 1 is 0.941 bits per heavy atom. The molecule has 34 heavy (non-hydrogen) atoms. The summed E-state index contributed by atoms with van der Waals surface area (Å²) in [6.45, 7) is -0.392. The van der Waals surface area contributed by atoms with Crippen LogP contribution in [0.1, 0.15) is 0 Å². The minimum absolute atomic E-state index is 0.0331. The molecule has 0 radical (unpaired) electrons. The van der Waals surface area contributed by atoms with E-state index in [-0.39, 0.29) is 45.3 Å². The van der Waals surface area contributed by atoms with E-state index in [1.165, 1.54) is 26.4 Å². The van der Waals surface area contributed by atoms with Crippen LogP contribution in [0, 0.1) is 0 Å². The van der Waals surface area contributed by atoms with E-state index >= 15 is 0 Å². The van der Waals surface area contributed by atoms with Gasteiger partial charge >= 0.3 is 0 Å². The number of hydrogen-bond acceptors (Lipinski definition) is 12. The predicted octanol–water partition coefficient (Wildman–Crippen LogP) is 0.412. The first kappa shape index (κ1) is 23.4. The zero-order chi connectivity index (χ0) is 24.7. The smallest absolute Gasteiger partial charge is 0.239 e. The van der Waals surface area contributed by atoms with Gasteiger partial charge in [0.1, 0.15) is 40.8 Å². The maximum atomic E-state index is 13.4. The molecule has 182 valence electrons. The second-order valence-electron chi connectivity index (χ2n) is 7.52. The largest absolute Gasteiger partial charge is 0.508 e. The number of aliphatic hydroxyl groups is 3. The van der Waals surface area contributed by atoms with Crippen LogP contribution in [0.2, 0.25) is 0 Å². The van der Waals surface area contributed by atoms with Crippen LogP contribution in [0.3, 0.4) is 0 Å². The molecule has 4 atom stereocenters. The number of methoxy groups -OCH3 is 2. The number of aliphatic hydroxyl groups excluding tert-OH is 3. The fourth-order valence-corrected chi connectivity index (χ4v) is 3.59. The van der Waals surface area contributed by atoms with Gasteiger partial charge in [-0.2, -0.15) is 0 Å². The van der Waals surface area contributed by atoms with E-state index in [1.807, 2.05) is 0 Å². The van der Waals surface area contributed by atoms with Gasteiger partial charge in [0.2, 0.25) is 23.2 Å². The Kier molecular flexibility index (Phi) is 6.15. The summed E-state index contributed by atoms with van der Waals surface area (Å²) in [6, 6.07) is 4.66. The minimum atomic E-state index is -1.73. The van der Waals surface area contributed by atoms with Crippen LogP contribution < -0.4 is 19.6 Å². The SMILES string of the molecule is COc1cc(-c2oc3cc(O)cc(O)c3c(=O)c2O[C@H]2OC[C@@H](O)[C@@H](O)[C@H]2O)cc(OC)c1O. The van der Waals surface area contributed by atoms with Crippen molar-refractivity contribution in [2.45, 2.75) is 24.6 Å². The van der Waals surface area contributed by atoms with E-state index in [0.29, 0.717) is 0 Å². The molecule has 0 aliphatic carbocycles. The van der Waals surface area contributed by atoms with Crippen LogP contribution in [-0.2, 0) is 4.74 Å². The molecule has 1 fully saturated rings. The predicted molar refractivity (Wildman–Crippen MR) is 114 cm³/mol. The molecule has 2 aromatic carbocycles. The second kappa shape index (κ2) is 8.91. The molecule has 0 spiro atoms. The number of rotatable bonds is 5. The van der Waals surface area contributed by atoms with Gasteiger partial charge in [0.15, 0.2) is 17.3 Å². The van der Waals surface area contributed by atoms with E-state index < -0.39 is 48.1 Å². The highest BCUT2D eigenvalue weighted by atomic mass is 16.7. The maximum Gasteiger partial charge on any atom is 0.239 e. The van der Waals surface area contributed by atoms with Crippen molar-refractivity contribution < 1.29 is 54.0 Å². The van der Waals surface area contributed by atoms with E-state index in [4.69, 9.17) is 23.4 Å². The molecule has 1 aliphatic heterocycles. The monoisotopic (exact) mass is 478 g/mol. The van der Waals surface area contributed by atoms with E-state index in [2.05, 4.69) is 0 Å². The number of benzene rings is 2. The summed E-state index contributed by atoms with van der Waals surface area (Å²) in [5.41, 5.74) is -0.971. The van der Waals surface area contributed by atoms with Crippen LogP contribution >= 0.6 is 0 Å². The summed E-state index contributed by atoms with van der Waals surface area (Å²) in [7, 11) is 2.59. The van der Waals surface area contributed by atoms with Gasteiger partial charge in [-0.25, -0.2) is 0 Å². The summed E-state index contributed by atoms with van der Waals surface area (Å²) in [4.78, 5) is 13.4. The Morgan fingerprint density at radius 3 is 2.21 bits per heavy atom. The van der Waals surface area contributed by atoms with Crippen LogP contribution in [0.15, 0.2) is 33.5 Å². The van der Waals surface area contributed by atoms with Crippen molar-refractivity contribution >= 4 is 11.0 Å². The number of ether oxygens (including phenoxy) is 4. The van der Waals surface area contributed by atoms with Gasteiger partial charge in [-0.1, -0.05) is 0 Å². The van der Waals surface area contributed by atoms with E-state index in [9.17, 15) is 35.4 Å². The van der Waals surface area contributed by atoms with Gasteiger partial charge < -0.3 is 54.0 Å². The lowest BCUT2D eigenvalue weighted by Gasteiger charge is -2.34. The van der Waals surface area contributed by atoms with Crippen molar-refractivity contribution in [2.24, 2.45) is 0 Å². The Balaban J connectivity index is 1.96. The van der Waals surface area contributed by atoms with Gasteiger partial charge in [-0.15, -0.1) is 0 Å². The molecule has 12 heteroatoms. The Morgan fingerprint density at radius 2 is 1.59 bits per heavy atom. The molecular weight excluding hydrogens is 456 g/mol. The molecule has 4 rings (SSSR count). The first-order valence-corrected chi connectivity index (χ1v) is 9.96. The van der Waals surface area contributed by atoms with E-state index in [1.54, 1.807) is 0 Å². The third kappa shape index (κ3) is 3.92. The van der Waals surface area contributed by atoms with Gasteiger partial charge in [-0.05, 0) is 12.1 Å². The minimum Gasteiger partial charge on any atom is -0.508 e. The number of fused-ring (bicyclic) bond motifs is 1. The van der Waals surface area contributed by atoms with Gasteiger partial charge in [0, 0.05) is 17.7 Å². The zero-order valence-corrected chi connectivity index (χ0v) is 18.0. The quantitative estimate of drug-likeness (QED) is 0.297. The Bertz CT molecular complexity index is 1260. The molecule has 12 nitrogen and oxygen atoms in total. The number of aromatic hydroxyl groups is 3. The molecular formula is C22H22O12. The van der Waals surface area contributed by atoms with Gasteiger partial charge in [0.25, 0.3) is 0 Å². The summed E-state index contributed by atoms with van der Waals surface area (Å²) in [5, 5.41) is 59.9. The van der Waals surface area contributed by atoms with Gasteiger partial charge in [-0.3, -0.25) is 4.79 Å². The van der Waals surface area contributed by atoms with Gasteiger partial charge in [0.05, 0.1) is 20.8 Å². The van der Waals surface area contributed by atoms with E-state index in [0.717, 1.165) is 12.1 Å². The van der Waals surface area contributed by atoms with Crippen molar-refractivity contribution in [3.8, 4) is 45.8 Å². The average Bonchev–Trinajstić information content (AvgIpc) is 2.80.